The lowest BCUT2D eigenvalue weighted by Crippen LogP contribution is -2.44. The number of aromatic amines is 1. The largest absolute Gasteiger partial charge is 0.494 e. The predicted molar refractivity (Wildman–Crippen MR) is 154 cm³/mol. The lowest BCUT2D eigenvalue weighted by atomic mass is 10.1. The molecule has 7 nitrogen and oxygen atoms in total. The number of carbonyl (C=O) groups excluding carboxylic acids is 2. The highest BCUT2D eigenvalue weighted by Crippen LogP contribution is 2.20. The van der Waals surface area contributed by atoms with Crippen LogP contribution in [-0.4, -0.2) is 66.6 Å². The van der Waals surface area contributed by atoms with Crippen LogP contribution in [0.25, 0.3) is 10.9 Å². The van der Waals surface area contributed by atoms with Crippen LogP contribution in [0.4, 0.5) is 4.39 Å². The van der Waals surface area contributed by atoms with Crippen molar-refractivity contribution in [3.8, 4) is 5.75 Å². The number of fused-ring (bicyclic) bond motifs is 1. The first-order chi connectivity index (χ1) is 19.5. The molecule has 0 atom stereocenters. The van der Waals surface area contributed by atoms with Crippen LogP contribution in [0.1, 0.15) is 34.8 Å². The molecule has 1 heterocycles. The number of nitrogens with zero attached hydrogens (tertiary/aromatic N) is 2. The van der Waals surface area contributed by atoms with E-state index in [9.17, 15) is 14.0 Å². The smallest absolute Gasteiger partial charge is 0.254 e. The lowest BCUT2D eigenvalue weighted by molar-refractivity contribution is -0.132. The number of benzene rings is 3. The van der Waals surface area contributed by atoms with Crippen LogP contribution in [0.3, 0.4) is 0 Å². The molecule has 0 unspecified atom stereocenters. The van der Waals surface area contributed by atoms with Gasteiger partial charge in [-0.3, -0.25) is 9.59 Å². The van der Waals surface area contributed by atoms with Crippen LogP contribution < -0.4 is 4.74 Å². The van der Waals surface area contributed by atoms with Crippen LogP contribution in [0.2, 0.25) is 0 Å². The molecular formula is C32H36FN3O4. The highest BCUT2D eigenvalue weighted by atomic mass is 19.1. The SMILES string of the molecule is CCOc1ccc(CN(CCc2c[nH]c3ccccc23)C(=O)CN(CCCOC)C(=O)c2cccc(F)c2)cc1. The molecule has 3 aromatic carbocycles. The molecule has 40 heavy (non-hydrogen) atoms. The third-order valence-electron chi connectivity index (χ3n) is 6.75. The minimum atomic E-state index is -0.495. The van der Waals surface area contributed by atoms with Crippen molar-refractivity contribution in [2.24, 2.45) is 0 Å². The van der Waals surface area contributed by atoms with Gasteiger partial charge < -0.3 is 24.3 Å². The number of methoxy groups -OCH3 is 1. The molecular weight excluding hydrogens is 509 g/mol. The molecule has 1 aromatic heterocycles. The second-order valence-electron chi connectivity index (χ2n) is 9.59. The predicted octanol–water partition coefficient (Wildman–Crippen LogP) is 5.46. The first-order valence-electron chi connectivity index (χ1n) is 13.6. The Morgan fingerprint density at radius 2 is 1.75 bits per heavy atom. The summed E-state index contributed by atoms with van der Waals surface area (Å²) in [6, 6.07) is 21.3. The van der Waals surface area contributed by atoms with E-state index in [-0.39, 0.29) is 23.9 Å². The molecule has 0 spiro atoms. The van der Waals surface area contributed by atoms with Gasteiger partial charge in [-0.15, -0.1) is 0 Å². The fraction of sp³-hybridized carbons (Fsp3) is 0.312. The lowest BCUT2D eigenvalue weighted by Gasteiger charge is -2.28. The fourth-order valence-electron chi connectivity index (χ4n) is 4.68. The van der Waals surface area contributed by atoms with Crippen molar-refractivity contribution in [2.45, 2.75) is 26.3 Å². The van der Waals surface area contributed by atoms with Crippen LogP contribution in [0.5, 0.6) is 5.75 Å². The summed E-state index contributed by atoms with van der Waals surface area (Å²) in [5, 5.41) is 1.12. The monoisotopic (exact) mass is 545 g/mol. The Kier molecular flexibility index (Phi) is 10.3. The summed E-state index contributed by atoms with van der Waals surface area (Å²) in [5.74, 6) is -0.296. The van der Waals surface area contributed by atoms with E-state index in [1.807, 2.05) is 55.6 Å². The third-order valence-corrected chi connectivity index (χ3v) is 6.75. The van der Waals surface area contributed by atoms with E-state index in [1.165, 1.54) is 23.1 Å². The molecule has 0 aliphatic carbocycles. The van der Waals surface area contributed by atoms with Gasteiger partial charge in [-0.25, -0.2) is 4.39 Å². The number of H-pyrrole nitrogens is 1. The Bertz CT molecular complexity index is 1400. The van der Waals surface area contributed by atoms with Crippen molar-refractivity contribution >= 4 is 22.7 Å². The average Bonchev–Trinajstić information content (AvgIpc) is 3.38. The number of aromatic nitrogens is 1. The molecule has 0 saturated heterocycles. The molecule has 0 fully saturated rings. The van der Waals surface area contributed by atoms with Gasteiger partial charge in [0.15, 0.2) is 0 Å². The first-order valence-corrected chi connectivity index (χ1v) is 13.6. The third kappa shape index (κ3) is 7.70. The molecule has 4 aromatic rings. The molecule has 0 aliphatic heterocycles. The zero-order valence-corrected chi connectivity index (χ0v) is 23.1. The summed E-state index contributed by atoms with van der Waals surface area (Å²) < 4.78 is 24.6. The zero-order valence-electron chi connectivity index (χ0n) is 23.1. The number of hydrogen-bond donors (Lipinski definition) is 1. The maximum Gasteiger partial charge on any atom is 0.254 e. The second kappa shape index (κ2) is 14.3. The van der Waals surface area contributed by atoms with E-state index in [2.05, 4.69) is 11.1 Å². The summed E-state index contributed by atoms with van der Waals surface area (Å²) in [4.78, 5) is 33.7. The minimum Gasteiger partial charge on any atom is -0.494 e. The van der Waals surface area contributed by atoms with Gasteiger partial charge in [0.2, 0.25) is 5.91 Å². The number of nitrogens with one attached hydrogen (secondary N) is 1. The molecule has 1 N–H and O–H groups in total. The topological polar surface area (TPSA) is 74.9 Å². The molecule has 210 valence electrons. The quantitative estimate of drug-likeness (QED) is 0.214. The summed E-state index contributed by atoms with van der Waals surface area (Å²) in [5.41, 5.74) is 3.33. The van der Waals surface area contributed by atoms with Crippen molar-refractivity contribution in [1.82, 2.24) is 14.8 Å². The van der Waals surface area contributed by atoms with Crippen molar-refractivity contribution in [3.63, 3.8) is 0 Å². The second-order valence-corrected chi connectivity index (χ2v) is 9.59. The van der Waals surface area contributed by atoms with E-state index in [0.717, 1.165) is 27.8 Å². The highest BCUT2D eigenvalue weighted by molar-refractivity contribution is 5.96. The molecule has 0 saturated carbocycles. The van der Waals surface area contributed by atoms with Gasteiger partial charge in [0.1, 0.15) is 18.1 Å². The standard InChI is InChI=1S/C32H36FN3O4/c1-3-40-28-14-12-24(13-15-28)22-35(18-16-26-21-34-30-11-5-4-10-29(26)30)31(37)23-36(17-7-19-39-2)32(38)25-8-6-9-27(33)20-25/h4-6,8-15,20-21,34H,3,7,16-19,22-23H2,1-2H3. The van der Waals surface area contributed by atoms with Gasteiger partial charge >= 0.3 is 0 Å². The Labute approximate surface area is 234 Å². The minimum absolute atomic E-state index is 0.121. The average molecular weight is 546 g/mol. The van der Waals surface area contributed by atoms with E-state index in [1.54, 1.807) is 18.1 Å². The first kappa shape index (κ1) is 28.8. The van der Waals surface area contributed by atoms with Crippen LogP contribution >= 0.6 is 0 Å². The van der Waals surface area contributed by atoms with Gasteiger partial charge in [0.25, 0.3) is 5.91 Å². The molecule has 8 heteroatoms. The van der Waals surface area contributed by atoms with Crippen molar-refractivity contribution in [2.75, 3.05) is 40.0 Å². The van der Waals surface area contributed by atoms with Crippen LogP contribution in [0.15, 0.2) is 79.0 Å². The van der Waals surface area contributed by atoms with E-state index in [4.69, 9.17) is 9.47 Å². The zero-order chi connectivity index (χ0) is 28.3. The number of rotatable bonds is 14. The maximum absolute atomic E-state index is 13.9. The van der Waals surface area contributed by atoms with Crippen LogP contribution in [-0.2, 0) is 22.5 Å². The Hall–Kier alpha value is -4.17. The number of amides is 2. The summed E-state index contributed by atoms with van der Waals surface area (Å²) in [6.45, 7) is 3.99. The number of hydrogen-bond acceptors (Lipinski definition) is 4. The van der Waals surface area contributed by atoms with Gasteiger partial charge in [-0.2, -0.15) is 0 Å². The Morgan fingerprint density at radius 1 is 0.950 bits per heavy atom. The molecule has 4 rings (SSSR count). The Morgan fingerprint density at radius 3 is 2.50 bits per heavy atom. The number of para-hydroxylation sites is 1. The van der Waals surface area contributed by atoms with Crippen molar-refractivity contribution in [3.05, 3.63) is 102 Å². The van der Waals surface area contributed by atoms with Crippen LogP contribution in [0, 0.1) is 5.82 Å². The van der Waals surface area contributed by atoms with Gasteiger partial charge in [-0.05, 0) is 67.3 Å². The molecule has 0 aliphatic rings. The normalized spacial score (nSPS) is 11.0. The molecule has 0 bridgehead atoms. The number of ether oxygens (including phenoxy) is 2. The summed E-state index contributed by atoms with van der Waals surface area (Å²) >= 11 is 0. The van der Waals surface area contributed by atoms with E-state index < -0.39 is 5.82 Å². The van der Waals surface area contributed by atoms with Gasteiger partial charge in [0.05, 0.1) is 6.61 Å². The fourth-order valence-corrected chi connectivity index (χ4v) is 4.68. The summed E-state index contributed by atoms with van der Waals surface area (Å²) in [7, 11) is 1.59. The van der Waals surface area contributed by atoms with E-state index in [0.29, 0.717) is 45.7 Å². The summed E-state index contributed by atoms with van der Waals surface area (Å²) in [6.07, 6.45) is 3.18. The van der Waals surface area contributed by atoms with Crippen molar-refractivity contribution in [1.29, 1.82) is 0 Å². The number of carbonyl (C=O) groups is 2. The van der Waals surface area contributed by atoms with Gasteiger partial charge in [-0.1, -0.05) is 36.4 Å². The van der Waals surface area contributed by atoms with Gasteiger partial charge in [0, 0.05) is 56.0 Å². The Balaban J connectivity index is 1.54. The molecule has 0 radical (unpaired) electrons. The van der Waals surface area contributed by atoms with E-state index >= 15 is 0 Å². The maximum atomic E-state index is 13.9. The molecule has 2 amide bonds. The number of halogens is 1. The highest BCUT2D eigenvalue weighted by Gasteiger charge is 2.23. The van der Waals surface area contributed by atoms with Crippen molar-refractivity contribution < 1.29 is 23.5 Å².